The fourth-order valence-electron chi connectivity index (χ4n) is 1.89. The Morgan fingerprint density at radius 1 is 1.47 bits per heavy atom. The predicted octanol–water partition coefficient (Wildman–Crippen LogP) is 2.90. The number of amides is 1. The summed E-state index contributed by atoms with van der Waals surface area (Å²) in [6.07, 6.45) is 2.26. The molecule has 6 heteroatoms. The van der Waals surface area contributed by atoms with Crippen molar-refractivity contribution in [2.24, 2.45) is 0 Å². The molecular formula is C13H14N2O3S. The quantitative estimate of drug-likeness (QED) is 0.804. The molecule has 2 heterocycles. The molecule has 0 saturated heterocycles. The van der Waals surface area contributed by atoms with E-state index >= 15 is 0 Å². The number of aromatic carboxylic acids is 1. The van der Waals surface area contributed by atoms with Crippen LogP contribution in [0.3, 0.4) is 0 Å². The standard InChI is InChI=1S/C13H14N2O3S/c1-3-8-4-5-19-11(8)12(16)15-9-6-14-7(2)10(9)13(17)18/h4-6,14H,3H2,1-2H3,(H,15,16)(H,17,18). The summed E-state index contributed by atoms with van der Waals surface area (Å²) in [6, 6.07) is 1.90. The van der Waals surface area contributed by atoms with Gasteiger partial charge in [-0.2, -0.15) is 0 Å². The van der Waals surface area contributed by atoms with Crippen LogP contribution in [-0.2, 0) is 6.42 Å². The third-order valence-corrected chi connectivity index (χ3v) is 3.83. The number of aromatic amines is 1. The third kappa shape index (κ3) is 2.53. The Bertz CT molecular complexity index is 628. The van der Waals surface area contributed by atoms with E-state index in [4.69, 9.17) is 5.11 Å². The molecule has 3 N–H and O–H groups in total. The zero-order valence-electron chi connectivity index (χ0n) is 10.6. The largest absolute Gasteiger partial charge is 0.478 e. The Labute approximate surface area is 114 Å². The zero-order valence-corrected chi connectivity index (χ0v) is 11.4. The van der Waals surface area contributed by atoms with Crippen LogP contribution in [0.15, 0.2) is 17.6 Å². The monoisotopic (exact) mass is 278 g/mol. The molecule has 1 amide bonds. The molecule has 0 saturated carbocycles. The lowest BCUT2D eigenvalue weighted by molar-refractivity contribution is 0.0697. The first kappa shape index (κ1) is 13.4. The highest BCUT2D eigenvalue weighted by Crippen LogP contribution is 2.23. The topological polar surface area (TPSA) is 82.2 Å². The molecule has 2 aromatic heterocycles. The van der Waals surface area contributed by atoms with E-state index < -0.39 is 5.97 Å². The first-order valence-corrected chi connectivity index (χ1v) is 6.71. The van der Waals surface area contributed by atoms with E-state index in [1.54, 1.807) is 6.92 Å². The fourth-order valence-corrected chi connectivity index (χ4v) is 2.78. The molecule has 0 aromatic carbocycles. The number of carboxylic acid groups (broad SMARTS) is 1. The van der Waals surface area contributed by atoms with Gasteiger partial charge < -0.3 is 15.4 Å². The van der Waals surface area contributed by atoms with Crippen LogP contribution in [0.25, 0.3) is 0 Å². The average Bonchev–Trinajstić information content (AvgIpc) is 2.95. The van der Waals surface area contributed by atoms with Gasteiger partial charge in [0.05, 0.1) is 10.6 Å². The molecule has 0 radical (unpaired) electrons. The minimum Gasteiger partial charge on any atom is -0.478 e. The Hall–Kier alpha value is -2.08. The number of aryl methyl sites for hydroxylation is 2. The fraction of sp³-hybridized carbons (Fsp3) is 0.231. The van der Waals surface area contributed by atoms with Gasteiger partial charge in [0.1, 0.15) is 5.56 Å². The molecule has 0 fully saturated rings. The number of nitrogens with one attached hydrogen (secondary N) is 2. The third-order valence-electron chi connectivity index (χ3n) is 2.87. The minimum atomic E-state index is -1.06. The van der Waals surface area contributed by atoms with Gasteiger partial charge in [0, 0.05) is 11.9 Å². The number of thiophene rings is 1. The van der Waals surface area contributed by atoms with E-state index in [9.17, 15) is 9.59 Å². The van der Waals surface area contributed by atoms with Gasteiger partial charge in [-0.15, -0.1) is 11.3 Å². The van der Waals surface area contributed by atoms with Crippen LogP contribution in [0.4, 0.5) is 5.69 Å². The molecular weight excluding hydrogens is 264 g/mol. The van der Waals surface area contributed by atoms with E-state index in [0.29, 0.717) is 16.3 Å². The summed E-state index contributed by atoms with van der Waals surface area (Å²) in [7, 11) is 0. The van der Waals surface area contributed by atoms with Crippen LogP contribution < -0.4 is 5.32 Å². The van der Waals surface area contributed by atoms with Gasteiger partial charge in [-0.05, 0) is 30.4 Å². The first-order valence-electron chi connectivity index (χ1n) is 5.83. The second-order valence-corrected chi connectivity index (χ2v) is 5.01. The number of carbonyl (C=O) groups excluding carboxylic acids is 1. The number of carbonyl (C=O) groups is 2. The minimum absolute atomic E-state index is 0.1000. The van der Waals surface area contributed by atoms with Crippen LogP contribution in [0.1, 0.15) is 38.2 Å². The van der Waals surface area contributed by atoms with Crippen molar-refractivity contribution in [3.8, 4) is 0 Å². The van der Waals surface area contributed by atoms with Gasteiger partial charge in [-0.25, -0.2) is 4.79 Å². The van der Waals surface area contributed by atoms with Crippen molar-refractivity contribution in [1.82, 2.24) is 4.98 Å². The lowest BCUT2D eigenvalue weighted by atomic mass is 10.2. The molecule has 0 spiro atoms. The second kappa shape index (κ2) is 5.27. The number of carboxylic acids is 1. The molecule has 2 rings (SSSR count). The van der Waals surface area contributed by atoms with E-state index in [2.05, 4.69) is 10.3 Å². The summed E-state index contributed by atoms with van der Waals surface area (Å²) in [5.41, 5.74) is 1.88. The van der Waals surface area contributed by atoms with E-state index in [-0.39, 0.29) is 11.5 Å². The number of hydrogen-bond donors (Lipinski definition) is 3. The number of rotatable bonds is 4. The summed E-state index contributed by atoms with van der Waals surface area (Å²) in [5, 5.41) is 13.6. The van der Waals surface area contributed by atoms with Gasteiger partial charge in [-0.1, -0.05) is 6.92 Å². The second-order valence-electron chi connectivity index (χ2n) is 4.09. The van der Waals surface area contributed by atoms with Crippen molar-refractivity contribution < 1.29 is 14.7 Å². The van der Waals surface area contributed by atoms with Crippen molar-refractivity contribution in [3.05, 3.63) is 39.3 Å². The van der Waals surface area contributed by atoms with Crippen LogP contribution >= 0.6 is 11.3 Å². The number of hydrogen-bond acceptors (Lipinski definition) is 3. The SMILES string of the molecule is CCc1ccsc1C(=O)Nc1c[nH]c(C)c1C(=O)O. The summed E-state index contributed by atoms with van der Waals surface area (Å²) >= 11 is 1.35. The van der Waals surface area contributed by atoms with Gasteiger partial charge in [-0.3, -0.25) is 4.79 Å². The highest BCUT2D eigenvalue weighted by Gasteiger charge is 2.19. The Kier molecular flexibility index (Phi) is 3.71. The van der Waals surface area contributed by atoms with Crippen molar-refractivity contribution in [2.75, 3.05) is 5.32 Å². The van der Waals surface area contributed by atoms with Crippen LogP contribution in [0.5, 0.6) is 0 Å². The van der Waals surface area contributed by atoms with Crippen LogP contribution in [0.2, 0.25) is 0 Å². The Morgan fingerprint density at radius 2 is 2.21 bits per heavy atom. The summed E-state index contributed by atoms with van der Waals surface area (Å²) in [6.45, 7) is 3.63. The lowest BCUT2D eigenvalue weighted by Crippen LogP contribution is -2.14. The zero-order chi connectivity index (χ0) is 14.0. The van der Waals surface area contributed by atoms with Gasteiger partial charge in [0.15, 0.2) is 0 Å². The molecule has 100 valence electrons. The van der Waals surface area contributed by atoms with Crippen LogP contribution in [0, 0.1) is 6.92 Å². The van der Waals surface area contributed by atoms with E-state index in [1.807, 2.05) is 18.4 Å². The van der Waals surface area contributed by atoms with Gasteiger partial charge >= 0.3 is 5.97 Å². The molecule has 5 nitrogen and oxygen atoms in total. The normalized spacial score (nSPS) is 10.4. The predicted molar refractivity (Wildman–Crippen MR) is 74.1 cm³/mol. The number of aromatic nitrogens is 1. The highest BCUT2D eigenvalue weighted by molar-refractivity contribution is 7.12. The molecule has 2 aromatic rings. The number of H-pyrrole nitrogens is 1. The molecule has 0 aliphatic heterocycles. The number of anilines is 1. The smallest absolute Gasteiger partial charge is 0.339 e. The molecule has 19 heavy (non-hydrogen) atoms. The van der Waals surface area contributed by atoms with E-state index in [0.717, 1.165) is 12.0 Å². The lowest BCUT2D eigenvalue weighted by Gasteiger charge is -2.05. The molecule has 0 atom stereocenters. The van der Waals surface area contributed by atoms with Gasteiger partial charge in [0.25, 0.3) is 5.91 Å². The average molecular weight is 278 g/mol. The van der Waals surface area contributed by atoms with E-state index in [1.165, 1.54) is 17.5 Å². The molecule has 0 aliphatic carbocycles. The Balaban J connectivity index is 2.27. The van der Waals surface area contributed by atoms with Crippen LogP contribution in [-0.4, -0.2) is 22.0 Å². The van der Waals surface area contributed by atoms with Crippen molar-refractivity contribution >= 4 is 28.9 Å². The van der Waals surface area contributed by atoms with Crippen molar-refractivity contribution in [3.63, 3.8) is 0 Å². The molecule has 0 unspecified atom stereocenters. The first-order chi connectivity index (χ1) is 9.04. The van der Waals surface area contributed by atoms with Crippen molar-refractivity contribution in [2.45, 2.75) is 20.3 Å². The molecule has 0 bridgehead atoms. The summed E-state index contributed by atoms with van der Waals surface area (Å²) in [4.78, 5) is 26.7. The summed E-state index contributed by atoms with van der Waals surface area (Å²) < 4.78 is 0. The maximum atomic E-state index is 12.1. The van der Waals surface area contributed by atoms with Crippen molar-refractivity contribution in [1.29, 1.82) is 0 Å². The Morgan fingerprint density at radius 3 is 2.84 bits per heavy atom. The maximum absolute atomic E-state index is 12.1. The summed E-state index contributed by atoms with van der Waals surface area (Å²) in [5.74, 6) is -1.33. The maximum Gasteiger partial charge on any atom is 0.339 e. The van der Waals surface area contributed by atoms with Gasteiger partial charge in [0.2, 0.25) is 0 Å². The highest BCUT2D eigenvalue weighted by atomic mass is 32.1. The molecule has 0 aliphatic rings.